The number of hydrogen-bond acceptors (Lipinski definition) is 4. The van der Waals surface area contributed by atoms with E-state index in [1.165, 1.54) is 39.0 Å². The topological polar surface area (TPSA) is 13.0 Å². The molecule has 0 aliphatic carbocycles. The molecule has 1 heterocycles. The minimum Gasteiger partial charge on any atom is -0.306 e. The van der Waals surface area contributed by atoms with Crippen molar-refractivity contribution in [3.63, 3.8) is 0 Å². The fourth-order valence-corrected chi connectivity index (χ4v) is 3.88. The molecule has 1 aliphatic heterocycles. The zero-order valence-electron chi connectivity index (χ0n) is 14.1. The van der Waals surface area contributed by atoms with Gasteiger partial charge in [-0.15, -0.1) is 0 Å². The summed E-state index contributed by atoms with van der Waals surface area (Å²) in [5.74, 6) is 0. The molecule has 0 N–H and O–H groups in total. The molecule has 0 atom stereocenters. The van der Waals surface area contributed by atoms with Gasteiger partial charge in [0.1, 0.15) is 14.5 Å². The van der Waals surface area contributed by atoms with Crippen molar-refractivity contribution in [1.82, 2.24) is 19.3 Å². The molecule has 0 amide bonds. The van der Waals surface area contributed by atoms with Gasteiger partial charge in [0, 0.05) is 13.1 Å². The first-order chi connectivity index (χ1) is 8.73. The molecule has 0 aromatic heterocycles. The van der Waals surface area contributed by atoms with Crippen molar-refractivity contribution in [2.24, 2.45) is 0 Å². The summed E-state index contributed by atoms with van der Waals surface area (Å²) in [6.45, 7) is 12.1. The van der Waals surface area contributed by atoms with Crippen LogP contribution >= 0.6 is 0 Å². The van der Waals surface area contributed by atoms with E-state index >= 15 is 0 Å². The predicted molar refractivity (Wildman–Crippen MR) is 86.9 cm³/mol. The van der Waals surface area contributed by atoms with Crippen molar-refractivity contribution < 1.29 is 0 Å². The molecule has 0 bridgehead atoms. The molecule has 19 heavy (non-hydrogen) atoms. The maximum atomic E-state index is 2.62. The third kappa shape index (κ3) is 5.15. The lowest BCUT2D eigenvalue weighted by Gasteiger charge is -2.47. The van der Waals surface area contributed by atoms with E-state index in [-0.39, 0.29) is 0 Å². The maximum absolute atomic E-state index is 2.62. The molecular weight excluding hydrogens is 252 g/mol. The van der Waals surface area contributed by atoms with Crippen LogP contribution in [0.4, 0.5) is 0 Å². The molecular formula is C14H34N4Si. The molecule has 0 unspecified atom stereocenters. The van der Waals surface area contributed by atoms with Crippen LogP contribution in [-0.4, -0.2) is 88.2 Å². The standard InChI is InChI=1S/C14H34N4Si/c1-15-10-8-12-16(2)14(17(3)13-9-11-15)18(4)19(5,6)7/h14H,8-13H2,1-7H3. The summed E-state index contributed by atoms with van der Waals surface area (Å²) in [5, 5.41) is 0. The molecule has 0 aromatic rings. The number of hydrogen-bond donors (Lipinski definition) is 0. The summed E-state index contributed by atoms with van der Waals surface area (Å²) in [4.78, 5) is 7.51. The second-order valence-electron chi connectivity index (χ2n) is 7.10. The highest BCUT2D eigenvalue weighted by atomic mass is 28.3. The third-order valence-electron chi connectivity index (χ3n) is 4.29. The molecule has 1 aliphatic rings. The summed E-state index contributed by atoms with van der Waals surface area (Å²) < 4.78 is 2.62. The largest absolute Gasteiger partial charge is 0.306 e. The molecule has 0 aromatic carbocycles. The van der Waals surface area contributed by atoms with Gasteiger partial charge >= 0.3 is 0 Å². The monoisotopic (exact) mass is 286 g/mol. The Morgan fingerprint density at radius 1 is 0.842 bits per heavy atom. The van der Waals surface area contributed by atoms with Crippen LogP contribution in [0.1, 0.15) is 12.8 Å². The van der Waals surface area contributed by atoms with Gasteiger partial charge < -0.3 is 9.47 Å². The normalized spacial score (nSPS) is 24.0. The van der Waals surface area contributed by atoms with E-state index in [4.69, 9.17) is 0 Å². The first-order valence-corrected chi connectivity index (χ1v) is 11.0. The van der Waals surface area contributed by atoms with Gasteiger partial charge in [0.05, 0.1) is 0 Å². The van der Waals surface area contributed by atoms with Crippen LogP contribution in [0.25, 0.3) is 0 Å². The van der Waals surface area contributed by atoms with Crippen molar-refractivity contribution in [1.29, 1.82) is 0 Å². The summed E-state index contributed by atoms with van der Waals surface area (Å²) in [7, 11) is 7.83. The third-order valence-corrected chi connectivity index (χ3v) is 6.64. The summed E-state index contributed by atoms with van der Waals surface area (Å²) in [6.07, 6.45) is 2.98. The first kappa shape index (κ1) is 17.1. The smallest absolute Gasteiger partial charge is 0.122 e. The van der Waals surface area contributed by atoms with Crippen LogP contribution in [0, 0.1) is 0 Å². The van der Waals surface area contributed by atoms with E-state index in [2.05, 4.69) is 67.1 Å². The van der Waals surface area contributed by atoms with Crippen LogP contribution in [0.5, 0.6) is 0 Å². The van der Waals surface area contributed by atoms with Crippen LogP contribution < -0.4 is 0 Å². The second-order valence-corrected chi connectivity index (χ2v) is 12.1. The van der Waals surface area contributed by atoms with Crippen molar-refractivity contribution in [2.75, 3.05) is 54.4 Å². The van der Waals surface area contributed by atoms with Gasteiger partial charge in [-0.05, 0) is 54.1 Å². The SMILES string of the molecule is CN1CCCN(C)C(N(C)[Si](C)(C)C)N(C)CCC1. The Labute approximate surface area is 121 Å². The van der Waals surface area contributed by atoms with Gasteiger partial charge in [-0.25, -0.2) is 0 Å². The Balaban J connectivity index is 2.79. The second kappa shape index (κ2) is 7.18. The highest BCUT2D eigenvalue weighted by Gasteiger charge is 2.32. The van der Waals surface area contributed by atoms with Crippen LogP contribution in [0.15, 0.2) is 0 Å². The summed E-state index contributed by atoms with van der Waals surface area (Å²) in [5.41, 5.74) is 0. The molecule has 1 saturated heterocycles. The molecule has 0 saturated carbocycles. The Morgan fingerprint density at radius 2 is 1.26 bits per heavy atom. The fourth-order valence-electron chi connectivity index (χ4n) is 2.80. The van der Waals surface area contributed by atoms with Crippen LogP contribution in [0.3, 0.4) is 0 Å². The van der Waals surface area contributed by atoms with Crippen LogP contribution in [0.2, 0.25) is 19.6 Å². The van der Waals surface area contributed by atoms with Crippen molar-refractivity contribution in [3.05, 3.63) is 0 Å². The molecule has 4 nitrogen and oxygen atoms in total. The zero-order chi connectivity index (χ0) is 14.6. The minimum absolute atomic E-state index is 0.454. The molecule has 114 valence electrons. The van der Waals surface area contributed by atoms with E-state index < -0.39 is 8.24 Å². The number of nitrogens with zero attached hydrogens (tertiary/aromatic N) is 4. The zero-order valence-corrected chi connectivity index (χ0v) is 15.1. The average Bonchev–Trinajstić information content (AvgIpc) is 2.27. The van der Waals surface area contributed by atoms with Gasteiger partial charge in [0.25, 0.3) is 0 Å². The highest BCUT2D eigenvalue weighted by Crippen LogP contribution is 2.17. The van der Waals surface area contributed by atoms with Crippen molar-refractivity contribution >= 4 is 8.24 Å². The maximum Gasteiger partial charge on any atom is 0.122 e. The molecule has 5 heteroatoms. The molecule has 1 fully saturated rings. The highest BCUT2D eigenvalue weighted by molar-refractivity contribution is 6.73. The molecule has 0 spiro atoms. The lowest BCUT2D eigenvalue weighted by atomic mass is 10.3. The number of rotatable bonds is 2. The van der Waals surface area contributed by atoms with E-state index in [0.29, 0.717) is 6.29 Å². The van der Waals surface area contributed by atoms with Gasteiger partial charge in [0.15, 0.2) is 0 Å². The Kier molecular flexibility index (Phi) is 6.46. The minimum atomic E-state index is -1.27. The fraction of sp³-hybridized carbons (Fsp3) is 1.00. The first-order valence-electron chi connectivity index (χ1n) is 7.55. The van der Waals surface area contributed by atoms with Crippen molar-refractivity contribution in [2.45, 2.75) is 38.8 Å². The molecule has 0 radical (unpaired) electrons. The quantitative estimate of drug-likeness (QED) is 0.715. The predicted octanol–water partition coefficient (Wildman–Crippen LogP) is 1.63. The lowest BCUT2D eigenvalue weighted by molar-refractivity contribution is -0.00391. The van der Waals surface area contributed by atoms with Gasteiger partial charge in [-0.2, -0.15) is 0 Å². The van der Waals surface area contributed by atoms with Crippen molar-refractivity contribution in [3.8, 4) is 0 Å². The Hall–Kier alpha value is 0.0569. The van der Waals surface area contributed by atoms with E-state index in [1.54, 1.807) is 0 Å². The van der Waals surface area contributed by atoms with Gasteiger partial charge in [-0.1, -0.05) is 19.6 Å². The Bertz CT molecular complexity index is 251. The molecule has 1 rings (SSSR count). The van der Waals surface area contributed by atoms with Gasteiger partial charge in [-0.3, -0.25) is 9.80 Å². The van der Waals surface area contributed by atoms with E-state index in [1.807, 2.05) is 0 Å². The Morgan fingerprint density at radius 3 is 1.63 bits per heavy atom. The average molecular weight is 287 g/mol. The van der Waals surface area contributed by atoms with Gasteiger partial charge in [0.2, 0.25) is 0 Å². The van der Waals surface area contributed by atoms with E-state index in [0.717, 1.165) is 0 Å². The summed E-state index contributed by atoms with van der Waals surface area (Å²) in [6, 6.07) is 0. The summed E-state index contributed by atoms with van der Waals surface area (Å²) >= 11 is 0. The lowest BCUT2D eigenvalue weighted by Crippen LogP contribution is -2.62. The van der Waals surface area contributed by atoms with Crippen LogP contribution in [-0.2, 0) is 0 Å². The van der Waals surface area contributed by atoms with E-state index in [9.17, 15) is 0 Å².